The summed E-state index contributed by atoms with van der Waals surface area (Å²) >= 11 is 5.33. The van der Waals surface area contributed by atoms with Crippen LogP contribution in [0.15, 0.2) is 53.6 Å². The summed E-state index contributed by atoms with van der Waals surface area (Å²) in [4.78, 5) is 0.636. The molecule has 0 heterocycles. The maximum absolute atomic E-state index is 5.33. The van der Waals surface area contributed by atoms with Gasteiger partial charge < -0.3 is 0 Å². The normalized spacial score (nSPS) is 11.2. The van der Waals surface area contributed by atoms with Gasteiger partial charge in [-0.25, -0.2) is 0 Å². The van der Waals surface area contributed by atoms with E-state index in [2.05, 4.69) is 48.6 Å². The second kappa shape index (κ2) is 6.44. The quantitative estimate of drug-likeness (QED) is 0.523. The van der Waals surface area contributed by atoms with E-state index < -0.39 is 0 Å². The van der Waals surface area contributed by atoms with Gasteiger partial charge in [-0.2, -0.15) is 5.10 Å². The molecule has 0 aliphatic carbocycles. The van der Waals surface area contributed by atoms with Crippen LogP contribution in [0, 0.1) is 13.8 Å². The Bertz CT molecular complexity index is 625. The van der Waals surface area contributed by atoms with Crippen molar-refractivity contribution in [3.8, 4) is 0 Å². The zero-order chi connectivity index (χ0) is 14.5. The van der Waals surface area contributed by atoms with E-state index >= 15 is 0 Å². The van der Waals surface area contributed by atoms with E-state index in [1.807, 2.05) is 31.2 Å². The van der Waals surface area contributed by atoms with E-state index in [4.69, 9.17) is 12.2 Å². The van der Waals surface area contributed by atoms with Gasteiger partial charge in [0.1, 0.15) is 4.99 Å². The van der Waals surface area contributed by atoms with E-state index in [0.717, 1.165) is 16.8 Å². The molecule has 2 aromatic rings. The Morgan fingerprint density at radius 3 is 1.80 bits per heavy atom. The van der Waals surface area contributed by atoms with Crippen molar-refractivity contribution in [2.24, 2.45) is 5.10 Å². The minimum Gasteiger partial charge on any atom is -0.267 e. The number of thiocarbonyl (C=S) groups is 1. The molecule has 0 spiro atoms. The van der Waals surface area contributed by atoms with Gasteiger partial charge in [0.25, 0.3) is 0 Å². The van der Waals surface area contributed by atoms with Crippen LogP contribution < -0.4 is 5.43 Å². The largest absolute Gasteiger partial charge is 0.267 e. The van der Waals surface area contributed by atoms with Crippen molar-refractivity contribution in [2.75, 3.05) is 0 Å². The average Bonchev–Trinajstić information content (AvgIpc) is 2.46. The number of nitrogens with zero attached hydrogens (tertiary/aromatic N) is 1. The number of hydrogen-bond donors (Lipinski definition) is 1. The second-order valence-electron chi connectivity index (χ2n) is 4.87. The highest BCUT2D eigenvalue weighted by molar-refractivity contribution is 7.80. The third-order valence-electron chi connectivity index (χ3n) is 3.11. The molecule has 0 aliphatic rings. The van der Waals surface area contributed by atoms with Gasteiger partial charge in [0.2, 0.25) is 0 Å². The van der Waals surface area contributed by atoms with Crippen LogP contribution in [0.2, 0.25) is 0 Å². The molecule has 0 unspecified atom stereocenters. The summed E-state index contributed by atoms with van der Waals surface area (Å²) in [5, 5.41) is 4.35. The fourth-order valence-electron chi connectivity index (χ4n) is 1.76. The highest BCUT2D eigenvalue weighted by Gasteiger charge is 2.01. The van der Waals surface area contributed by atoms with E-state index in [1.54, 1.807) is 0 Å². The number of hydrazone groups is 1. The lowest BCUT2D eigenvalue weighted by molar-refractivity contribution is 1.04. The van der Waals surface area contributed by atoms with Crippen molar-refractivity contribution in [1.82, 2.24) is 5.43 Å². The van der Waals surface area contributed by atoms with Gasteiger partial charge in [-0.15, -0.1) is 0 Å². The van der Waals surface area contributed by atoms with Crippen LogP contribution >= 0.6 is 12.2 Å². The number of nitrogens with one attached hydrogen (secondary N) is 1. The summed E-state index contributed by atoms with van der Waals surface area (Å²) in [5.74, 6) is 0. The monoisotopic (exact) mass is 282 g/mol. The molecule has 0 bridgehead atoms. The Morgan fingerprint density at radius 1 is 0.850 bits per heavy atom. The van der Waals surface area contributed by atoms with Crippen molar-refractivity contribution in [2.45, 2.75) is 20.8 Å². The van der Waals surface area contributed by atoms with E-state index in [1.165, 1.54) is 11.1 Å². The van der Waals surface area contributed by atoms with Crippen molar-refractivity contribution >= 4 is 22.9 Å². The number of benzene rings is 2. The van der Waals surface area contributed by atoms with Gasteiger partial charge in [-0.3, -0.25) is 5.43 Å². The first-order valence-corrected chi connectivity index (χ1v) is 6.95. The lowest BCUT2D eigenvalue weighted by Crippen LogP contribution is -2.18. The predicted molar refractivity (Wildman–Crippen MR) is 89.4 cm³/mol. The smallest absolute Gasteiger partial charge is 0.126 e. The molecular weight excluding hydrogens is 264 g/mol. The van der Waals surface area contributed by atoms with Gasteiger partial charge >= 0.3 is 0 Å². The number of hydrogen-bond acceptors (Lipinski definition) is 2. The van der Waals surface area contributed by atoms with E-state index in [-0.39, 0.29) is 0 Å². The standard InChI is InChI=1S/C17H18N2S/c1-12-4-8-15(9-5-12)14(3)18-19-17(20)16-10-6-13(2)7-11-16/h4-11H,1-3H3,(H,19,20)/b18-14+. The fourth-order valence-corrected chi connectivity index (χ4v) is 1.95. The first-order valence-electron chi connectivity index (χ1n) is 6.54. The molecular formula is C17H18N2S. The molecule has 0 aromatic heterocycles. The van der Waals surface area contributed by atoms with E-state index in [9.17, 15) is 0 Å². The zero-order valence-corrected chi connectivity index (χ0v) is 12.8. The molecule has 0 saturated carbocycles. The molecule has 102 valence electrons. The van der Waals surface area contributed by atoms with Gasteiger partial charge in [0.15, 0.2) is 0 Å². The first-order chi connectivity index (χ1) is 9.56. The highest BCUT2D eigenvalue weighted by Crippen LogP contribution is 2.06. The molecule has 0 amide bonds. The number of aryl methyl sites for hydroxylation is 2. The topological polar surface area (TPSA) is 24.4 Å². The minimum absolute atomic E-state index is 0.636. The van der Waals surface area contributed by atoms with Gasteiger partial charge in [0, 0.05) is 5.56 Å². The summed E-state index contributed by atoms with van der Waals surface area (Å²) in [6, 6.07) is 16.4. The Kier molecular flexibility index (Phi) is 4.64. The van der Waals surface area contributed by atoms with Crippen molar-refractivity contribution < 1.29 is 0 Å². The SMILES string of the molecule is C/C(=N\NC(=S)c1ccc(C)cc1)c1ccc(C)cc1. The van der Waals surface area contributed by atoms with Crippen molar-refractivity contribution in [1.29, 1.82) is 0 Å². The average molecular weight is 282 g/mol. The number of rotatable bonds is 3. The summed E-state index contributed by atoms with van der Waals surface area (Å²) < 4.78 is 0. The molecule has 0 fully saturated rings. The lowest BCUT2D eigenvalue weighted by Gasteiger charge is -2.06. The van der Waals surface area contributed by atoms with Crippen LogP contribution in [0.4, 0.5) is 0 Å². The molecule has 2 aromatic carbocycles. The first kappa shape index (κ1) is 14.4. The van der Waals surface area contributed by atoms with Gasteiger partial charge in [-0.05, 0) is 26.3 Å². The molecule has 0 atom stereocenters. The molecule has 3 heteroatoms. The van der Waals surface area contributed by atoms with Gasteiger partial charge in [-0.1, -0.05) is 71.9 Å². The van der Waals surface area contributed by atoms with Crippen LogP contribution in [-0.4, -0.2) is 10.7 Å². The zero-order valence-electron chi connectivity index (χ0n) is 12.0. The van der Waals surface area contributed by atoms with E-state index in [0.29, 0.717) is 4.99 Å². The maximum atomic E-state index is 5.33. The molecule has 20 heavy (non-hydrogen) atoms. The molecule has 2 rings (SSSR count). The molecule has 0 saturated heterocycles. The lowest BCUT2D eigenvalue weighted by atomic mass is 10.1. The summed E-state index contributed by atoms with van der Waals surface area (Å²) in [5.41, 5.74) is 8.40. The highest BCUT2D eigenvalue weighted by atomic mass is 32.1. The van der Waals surface area contributed by atoms with Crippen LogP contribution in [0.25, 0.3) is 0 Å². The van der Waals surface area contributed by atoms with Gasteiger partial charge in [0.05, 0.1) is 5.71 Å². The Labute approximate surface area is 125 Å². The summed E-state index contributed by atoms with van der Waals surface area (Å²) in [7, 11) is 0. The molecule has 2 nitrogen and oxygen atoms in total. The summed E-state index contributed by atoms with van der Waals surface area (Å²) in [6.45, 7) is 6.09. The molecule has 0 aliphatic heterocycles. The Hall–Kier alpha value is -2.00. The third-order valence-corrected chi connectivity index (χ3v) is 3.44. The molecule has 0 radical (unpaired) electrons. The van der Waals surface area contributed by atoms with Crippen LogP contribution in [0.3, 0.4) is 0 Å². The van der Waals surface area contributed by atoms with Crippen molar-refractivity contribution in [3.63, 3.8) is 0 Å². The fraction of sp³-hybridized carbons (Fsp3) is 0.176. The maximum Gasteiger partial charge on any atom is 0.126 e. The predicted octanol–water partition coefficient (Wildman–Crippen LogP) is 3.99. The Balaban J connectivity index is 2.06. The van der Waals surface area contributed by atoms with Crippen LogP contribution in [0.1, 0.15) is 29.2 Å². The van der Waals surface area contributed by atoms with Crippen LogP contribution in [-0.2, 0) is 0 Å². The minimum atomic E-state index is 0.636. The third kappa shape index (κ3) is 3.75. The summed E-state index contributed by atoms with van der Waals surface area (Å²) in [6.07, 6.45) is 0. The Morgan fingerprint density at radius 2 is 1.30 bits per heavy atom. The molecule has 1 N–H and O–H groups in total. The second-order valence-corrected chi connectivity index (χ2v) is 5.28. The van der Waals surface area contributed by atoms with Crippen molar-refractivity contribution in [3.05, 3.63) is 70.8 Å². The van der Waals surface area contributed by atoms with Crippen LogP contribution in [0.5, 0.6) is 0 Å².